The maximum absolute atomic E-state index is 5.54. The molecule has 0 aliphatic rings. The third-order valence-corrected chi connectivity index (χ3v) is 2.13. The van der Waals surface area contributed by atoms with Crippen molar-refractivity contribution >= 4 is 5.82 Å². The lowest BCUT2D eigenvalue weighted by Gasteiger charge is -2.06. The first-order valence-electron chi connectivity index (χ1n) is 5.25. The molecule has 0 fully saturated rings. The molecule has 0 atom stereocenters. The Balaban J connectivity index is 2.19. The fourth-order valence-electron chi connectivity index (χ4n) is 1.37. The van der Waals surface area contributed by atoms with Crippen LogP contribution < -0.4 is 10.5 Å². The molecule has 0 saturated heterocycles. The normalized spacial score (nSPS) is 10.2. The van der Waals surface area contributed by atoms with Crippen molar-refractivity contribution in [2.45, 2.75) is 6.92 Å². The lowest BCUT2D eigenvalue weighted by molar-refractivity contribution is 0.352. The predicted molar refractivity (Wildman–Crippen MR) is 66.7 cm³/mol. The van der Waals surface area contributed by atoms with Crippen LogP contribution in [0.3, 0.4) is 0 Å². The standard InChI is InChI=1S/C13H14N2O2/c1-9(2)8-16-11-5-3-4-10(6-11)12-7-13(14)15-17-12/h3-7H,1,8H2,2H3,(H2,14,15). The lowest BCUT2D eigenvalue weighted by Crippen LogP contribution is -1.97. The highest BCUT2D eigenvalue weighted by Gasteiger charge is 2.05. The van der Waals surface area contributed by atoms with Crippen molar-refractivity contribution in [1.82, 2.24) is 5.16 Å². The summed E-state index contributed by atoms with van der Waals surface area (Å²) in [7, 11) is 0. The van der Waals surface area contributed by atoms with Gasteiger partial charge >= 0.3 is 0 Å². The van der Waals surface area contributed by atoms with E-state index >= 15 is 0 Å². The molecule has 88 valence electrons. The number of rotatable bonds is 4. The summed E-state index contributed by atoms with van der Waals surface area (Å²) in [6.07, 6.45) is 0. The van der Waals surface area contributed by atoms with Gasteiger partial charge < -0.3 is 15.0 Å². The Labute approximate surface area is 99.7 Å². The van der Waals surface area contributed by atoms with E-state index in [0.29, 0.717) is 18.2 Å². The van der Waals surface area contributed by atoms with E-state index in [1.165, 1.54) is 0 Å². The van der Waals surface area contributed by atoms with Gasteiger partial charge in [0.15, 0.2) is 11.6 Å². The Morgan fingerprint density at radius 2 is 2.29 bits per heavy atom. The molecule has 0 aliphatic heterocycles. The zero-order valence-corrected chi connectivity index (χ0v) is 9.64. The molecular formula is C13H14N2O2. The number of aromatic nitrogens is 1. The number of nitrogens with zero attached hydrogens (tertiary/aromatic N) is 1. The minimum Gasteiger partial charge on any atom is -0.489 e. The van der Waals surface area contributed by atoms with Crippen molar-refractivity contribution in [3.63, 3.8) is 0 Å². The molecule has 1 aromatic heterocycles. The van der Waals surface area contributed by atoms with E-state index in [4.69, 9.17) is 15.0 Å². The second-order valence-electron chi connectivity index (χ2n) is 3.89. The summed E-state index contributed by atoms with van der Waals surface area (Å²) in [6, 6.07) is 9.24. The van der Waals surface area contributed by atoms with Gasteiger partial charge in [0.05, 0.1) is 0 Å². The molecule has 1 heterocycles. The van der Waals surface area contributed by atoms with Gasteiger partial charge in [0.1, 0.15) is 12.4 Å². The van der Waals surface area contributed by atoms with Crippen LogP contribution in [0.5, 0.6) is 5.75 Å². The molecule has 0 saturated carbocycles. The molecule has 2 rings (SSSR count). The second-order valence-corrected chi connectivity index (χ2v) is 3.89. The van der Waals surface area contributed by atoms with Crippen molar-refractivity contribution in [3.05, 3.63) is 42.5 Å². The average Bonchev–Trinajstić information content (AvgIpc) is 2.74. The zero-order chi connectivity index (χ0) is 12.3. The third kappa shape index (κ3) is 2.87. The van der Waals surface area contributed by atoms with Gasteiger partial charge in [-0.2, -0.15) is 0 Å². The number of hydrogen-bond acceptors (Lipinski definition) is 4. The molecular weight excluding hydrogens is 216 g/mol. The van der Waals surface area contributed by atoms with E-state index in [9.17, 15) is 0 Å². The summed E-state index contributed by atoms with van der Waals surface area (Å²) in [4.78, 5) is 0. The van der Waals surface area contributed by atoms with Crippen molar-refractivity contribution < 1.29 is 9.26 Å². The van der Waals surface area contributed by atoms with Crippen LogP contribution in [-0.4, -0.2) is 11.8 Å². The number of nitrogen functional groups attached to an aromatic ring is 1. The van der Waals surface area contributed by atoms with E-state index in [2.05, 4.69) is 11.7 Å². The lowest BCUT2D eigenvalue weighted by atomic mass is 10.1. The van der Waals surface area contributed by atoms with Crippen LogP contribution in [0, 0.1) is 0 Å². The topological polar surface area (TPSA) is 61.3 Å². The number of benzene rings is 1. The van der Waals surface area contributed by atoms with Gasteiger partial charge in [0.2, 0.25) is 0 Å². The Morgan fingerprint density at radius 3 is 2.94 bits per heavy atom. The van der Waals surface area contributed by atoms with Gasteiger partial charge in [-0.3, -0.25) is 0 Å². The third-order valence-electron chi connectivity index (χ3n) is 2.13. The van der Waals surface area contributed by atoms with Gasteiger partial charge in [-0.15, -0.1) is 0 Å². The maximum Gasteiger partial charge on any atom is 0.169 e. The van der Waals surface area contributed by atoms with Crippen molar-refractivity contribution in [3.8, 4) is 17.1 Å². The molecule has 0 spiro atoms. The Kier molecular flexibility index (Phi) is 3.14. The summed E-state index contributed by atoms with van der Waals surface area (Å²) in [5.41, 5.74) is 7.36. The molecule has 2 aromatic rings. The van der Waals surface area contributed by atoms with E-state index < -0.39 is 0 Å². The summed E-state index contributed by atoms with van der Waals surface area (Å²) < 4.78 is 10.6. The van der Waals surface area contributed by atoms with Crippen LogP contribution in [0.1, 0.15) is 6.92 Å². The van der Waals surface area contributed by atoms with Crippen LogP contribution >= 0.6 is 0 Å². The SMILES string of the molecule is C=C(C)COc1cccc(-c2cc(N)no2)c1. The van der Waals surface area contributed by atoms with Gasteiger partial charge in [-0.25, -0.2) is 0 Å². The van der Waals surface area contributed by atoms with Gasteiger partial charge in [-0.05, 0) is 24.6 Å². The first kappa shape index (κ1) is 11.3. The summed E-state index contributed by atoms with van der Waals surface area (Å²) in [5, 5.41) is 3.64. The molecule has 4 nitrogen and oxygen atoms in total. The monoisotopic (exact) mass is 230 g/mol. The molecule has 0 amide bonds. The highest BCUT2D eigenvalue weighted by Crippen LogP contribution is 2.25. The van der Waals surface area contributed by atoms with E-state index in [0.717, 1.165) is 16.9 Å². The van der Waals surface area contributed by atoms with E-state index in [1.807, 2.05) is 31.2 Å². The molecule has 4 heteroatoms. The highest BCUT2D eigenvalue weighted by atomic mass is 16.5. The molecule has 0 unspecified atom stereocenters. The van der Waals surface area contributed by atoms with Gasteiger partial charge in [0.25, 0.3) is 0 Å². The minimum absolute atomic E-state index is 0.369. The Bertz CT molecular complexity index is 532. The first-order chi connectivity index (χ1) is 8.15. The second kappa shape index (κ2) is 4.74. The quantitative estimate of drug-likeness (QED) is 0.820. The number of anilines is 1. The van der Waals surface area contributed by atoms with Gasteiger partial charge in [-0.1, -0.05) is 23.9 Å². The maximum atomic E-state index is 5.54. The van der Waals surface area contributed by atoms with Crippen LogP contribution in [0.15, 0.2) is 47.0 Å². The Morgan fingerprint density at radius 1 is 1.47 bits per heavy atom. The molecule has 0 radical (unpaired) electrons. The zero-order valence-electron chi connectivity index (χ0n) is 9.64. The van der Waals surface area contributed by atoms with Crippen LogP contribution in [0.4, 0.5) is 5.82 Å². The van der Waals surface area contributed by atoms with Crippen molar-refractivity contribution in [2.24, 2.45) is 0 Å². The summed E-state index contributed by atoms with van der Waals surface area (Å²) >= 11 is 0. The predicted octanol–water partition coefficient (Wildman–Crippen LogP) is 2.88. The van der Waals surface area contributed by atoms with Crippen molar-refractivity contribution in [2.75, 3.05) is 12.3 Å². The van der Waals surface area contributed by atoms with Crippen LogP contribution in [0.25, 0.3) is 11.3 Å². The molecule has 0 aliphatic carbocycles. The number of ether oxygens (including phenoxy) is 1. The van der Waals surface area contributed by atoms with E-state index in [1.54, 1.807) is 6.07 Å². The summed E-state index contributed by atoms with van der Waals surface area (Å²) in [5.74, 6) is 1.76. The molecule has 2 N–H and O–H groups in total. The molecule has 1 aromatic carbocycles. The number of hydrogen-bond donors (Lipinski definition) is 1. The minimum atomic E-state index is 0.369. The van der Waals surface area contributed by atoms with Crippen LogP contribution in [0.2, 0.25) is 0 Å². The van der Waals surface area contributed by atoms with Gasteiger partial charge in [0, 0.05) is 11.6 Å². The van der Waals surface area contributed by atoms with E-state index in [-0.39, 0.29) is 0 Å². The van der Waals surface area contributed by atoms with Crippen molar-refractivity contribution in [1.29, 1.82) is 0 Å². The van der Waals surface area contributed by atoms with Crippen LogP contribution in [-0.2, 0) is 0 Å². The fraction of sp³-hybridized carbons (Fsp3) is 0.154. The fourth-order valence-corrected chi connectivity index (χ4v) is 1.37. The summed E-state index contributed by atoms with van der Waals surface area (Å²) in [6.45, 7) is 6.20. The highest BCUT2D eigenvalue weighted by molar-refractivity contribution is 5.61. The first-order valence-corrected chi connectivity index (χ1v) is 5.25. The molecule has 17 heavy (non-hydrogen) atoms. The molecule has 0 bridgehead atoms. The number of nitrogens with two attached hydrogens (primary N) is 1. The largest absolute Gasteiger partial charge is 0.489 e. The Hall–Kier alpha value is -2.23. The smallest absolute Gasteiger partial charge is 0.169 e. The average molecular weight is 230 g/mol.